The molecule has 0 saturated carbocycles. The molecule has 7 nitrogen and oxygen atoms in total. The number of ether oxygens (including phenoxy) is 1. The minimum atomic E-state index is -0.736. The first-order chi connectivity index (χ1) is 10.5. The highest BCUT2D eigenvalue weighted by Gasteiger charge is 2.17. The predicted octanol–water partition coefficient (Wildman–Crippen LogP) is 0.0565. The SMILES string of the molecule is CCOC(=O)C(C)NC(=O)c1ccc(C(=O)NCCN)cc1. The summed E-state index contributed by atoms with van der Waals surface area (Å²) < 4.78 is 4.81. The van der Waals surface area contributed by atoms with E-state index in [0.717, 1.165) is 0 Å². The number of benzene rings is 1. The van der Waals surface area contributed by atoms with Gasteiger partial charge in [0.1, 0.15) is 6.04 Å². The van der Waals surface area contributed by atoms with Crippen molar-refractivity contribution in [1.29, 1.82) is 0 Å². The number of carbonyl (C=O) groups excluding carboxylic acids is 3. The maximum atomic E-state index is 12.0. The van der Waals surface area contributed by atoms with E-state index >= 15 is 0 Å². The van der Waals surface area contributed by atoms with E-state index in [4.69, 9.17) is 10.5 Å². The van der Waals surface area contributed by atoms with E-state index in [0.29, 0.717) is 24.2 Å². The Kier molecular flexibility index (Phi) is 7.04. The molecule has 1 aromatic carbocycles. The largest absolute Gasteiger partial charge is 0.464 e. The first-order valence-corrected chi connectivity index (χ1v) is 7.05. The van der Waals surface area contributed by atoms with Gasteiger partial charge >= 0.3 is 5.97 Å². The molecule has 0 radical (unpaired) electrons. The van der Waals surface area contributed by atoms with Gasteiger partial charge in [-0.3, -0.25) is 9.59 Å². The summed E-state index contributed by atoms with van der Waals surface area (Å²) in [5.74, 6) is -1.15. The second-order valence-corrected chi connectivity index (χ2v) is 4.57. The first kappa shape index (κ1) is 17.6. The van der Waals surface area contributed by atoms with Crippen molar-refractivity contribution in [2.75, 3.05) is 19.7 Å². The predicted molar refractivity (Wildman–Crippen MR) is 81.4 cm³/mol. The number of nitrogens with two attached hydrogens (primary N) is 1. The molecule has 0 bridgehead atoms. The lowest BCUT2D eigenvalue weighted by Gasteiger charge is -2.12. The second-order valence-electron chi connectivity index (χ2n) is 4.57. The third-order valence-electron chi connectivity index (χ3n) is 2.83. The smallest absolute Gasteiger partial charge is 0.328 e. The van der Waals surface area contributed by atoms with Crippen LogP contribution in [0.3, 0.4) is 0 Å². The Balaban J connectivity index is 2.64. The summed E-state index contributed by atoms with van der Waals surface area (Å²) in [6.07, 6.45) is 0. The fraction of sp³-hybridized carbons (Fsp3) is 0.400. The van der Waals surface area contributed by atoms with Crippen LogP contribution in [-0.4, -0.2) is 43.5 Å². The van der Waals surface area contributed by atoms with Crippen molar-refractivity contribution in [3.63, 3.8) is 0 Å². The summed E-state index contributed by atoms with van der Waals surface area (Å²) in [6.45, 7) is 4.24. The van der Waals surface area contributed by atoms with Gasteiger partial charge in [0, 0.05) is 24.2 Å². The zero-order chi connectivity index (χ0) is 16.5. The van der Waals surface area contributed by atoms with Crippen LogP contribution in [0.4, 0.5) is 0 Å². The average molecular weight is 307 g/mol. The number of hydrogen-bond donors (Lipinski definition) is 3. The van der Waals surface area contributed by atoms with Crippen LogP contribution < -0.4 is 16.4 Å². The molecule has 1 aromatic rings. The van der Waals surface area contributed by atoms with Crippen molar-refractivity contribution in [1.82, 2.24) is 10.6 Å². The van der Waals surface area contributed by atoms with E-state index < -0.39 is 17.9 Å². The maximum Gasteiger partial charge on any atom is 0.328 e. The highest BCUT2D eigenvalue weighted by Crippen LogP contribution is 2.05. The zero-order valence-electron chi connectivity index (χ0n) is 12.7. The number of rotatable bonds is 7. The fourth-order valence-electron chi connectivity index (χ4n) is 1.67. The summed E-state index contributed by atoms with van der Waals surface area (Å²) >= 11 is 0. The molecule has 0 heterocycles. The first-order valence-electron chi connectivity index (χ1n) is 7.05. The van der Waals surface area contributed by atoms with Crippen LogP contribution in [0.5, 0.6) is 0 Å². The maximum absolute atomic E-state index is 12.0. The number of esters is 1. The fourth-order valence-corrected chi connectivity index (χ4v) is 1.67. The van der Waals surface area contributed by atoms with Crippen LogP contribution >= 0.6 is 0 Å². The van der Waals surface area contributed by atoms with Gasteiger partial charge in [0.05, 0.1) is 6.61 Å². The van der Waals surface area contributed by atoms with Crippen molar-refractivity contribution < 1.29 is 19.1 Å². The normalized spacial score (nSPS) is 11.4. The number of hydrogen-bond acceptors (Lipinski definition) is 5. The average Bonchev–Trinajstić information content (AvgIpc) is 2.52. The Morgan fingerprint density at radius 3 is 2.18 bits per heavy atom. The van der Waals surface area contributed by atoms with Gasteiger partial charge in [-0.1, -0.05) is 0 Å². The van der Waals surface area contributed by atoms with Gasteiger partial charge in [-0.25, -0.2) is 4.79 Å². The number of carbonyl (C=O) groups is 3. The van der Waals surface area contributed by atoms with Gasteiger partial charge in [-0.05, 0) is 38.1 Å². The van der Waals surface area contributed by atoms with Crippen LogP contribution in [-0.2, 0) is 9.53 Å². The van der Waals surface area contributed by atoms with Crippen molar-refractivity contribution in [3.8, 4) is 0 Å². The molecule has 7 heteroatoms. The summed E-state index contributed by atoms with van der Waals surface area (Å²) in [6, 6.07) is 5.38. The molecule has 0 aromatic heterocycles. The minimum Gasteiger partial charge on any atom is -0.464 e. The van der Waals surface area contributed by atoms with Gasteiger partial charge in [0.2, 0.25) is 0 Å². The van der Waals surface area contributed by atoms with Crippen LogP contribution in [0.2, 0.25) is 0 Å². The van der Waals surface area contributed by atoms with Gasteiger partial charge in [-0.2, -0.15) is 0 Å². The molecule has 1 rings (SSSR count). The van der Waals surface area contributed by atoms with Gasteiger partial charge in [0.25, 0.3) is 11.8 Å². The molecular formula is C15H21N3O4. The summed E-state index contributed by atoms with van der Waals surface area (Å²) in [5, 5.41) is 5.17. The molecule has 0 aliphatic heterocycles. The standard InChI is InChI=1S/C15H21N3O4/c1-3-22-15(21)10(2)18-14(20)12-6-4-11(5-7-12)13(19)17-9-8-16/h4-7,10H,3,8-9,16H2,1-2H3,(H,17,19)(H,18,20). The lowest BCUT2D eigenvalue weighted by atomic mass is 10.1. The highest BCUT2D eigenvalue weighted by atomic mass is 16.5. The number of nitrogens with one attached hydrogen (secondary N) is 2. The molecular weight excluding hydrogens is 286 g/mol. The Bertz CT molecular complexity index is 528. The molecule has 0 spiro atoms. The van der Waals surface area contributed by atoms with Gasteiger partial charge < -0.3 is 21.1 Å². The van der Waals surface area contributed by atoms with Crippen molar-refractivity contribution >= 4 is 17.8 Å². The van der Waals surface area contributed by atoms with Crippen molar-refractivity contribution in [3.05, 3.63) is 35.4 Å². The Morgan fingerprint density at radius 1 is 1.14 bits per heavy atom. The Morgan fingerprint density at radius 2 is 1.68 bits per heavy atom. The molecule has 0 saturated heterocycles. The van der Waals surface area contributed by atoms with E-state index in [1.54, 1.807) is 13.8 Å². The lowest BCUT2D eigenvalue weighted by Crippen LogP contribution is -2.39. The molecule has 2 amide bonds. The van der Waals surface area contributed by atoms with Gasteiger partial charge in [0.15, 0.2) is 0 Å². The van der Waals surface area contributed by atoms with Crippen LogP contribution in [0.15, 0.2) is 24.3 Å². The Hall–Kier alpha value is -2.41. The summed E-state index contributed by atoms with van der Waals surface area (Å²) in [4.78, 5) is 35.1. The third kappa shape index (κ3) is 5.17. The molecule has 0 aliphatic carbocycles. The molecule has 1 atom stereocenters. The quantitative estimate of drug-likeness (QED) is 0.617. The summed E-state index contributed by atoms with van der Waals surface area (Å²) in [5.41, 5.74) is 6.09. The molecule has 4 N–H and O–H groups in total. The molecule has 1 unspecified atom stereocenters. The second kappa shape index (κ2) is 8.78. The summed E-state index contributed by atoms with van der Waals surface area (Å²) in [7, 11) is 0. The highest BCUT2D eigenvalue weighted by molar-refractivity contribution is 5.99. The van der Waals surface area contributed by atoms with E-state index in [1.807, 2.05) is 0 Å². The molecule has 22 heavy (non-hydrogen) atoms. The molecule has 120 valence electrons. The Labute approximate surface area is 129 Å². The zero-order valence-corrected chi connectivity index (χ0v) is 12.7. The number of amides is 2. The van der Waals surface area contributed by atoms with Crippen molar-refractivity contribution in [2.45, 2.75) is 19.9 Å². The minimum absolute atomic E-state index is 0.253. The van der Waals surface area contributed by atoms with Crippen molar-refractivity contribution in [2.24, 2.45) is 5.73 Å². The van der Waals surface area contributed by atoms with Crippen LogP contribution in [0, 0.1) is 0 Å². The molecule has 0 aliphatic rings. The molecule has 0 fully saturated rings. The monoisotopic (exact) mass is 307 g/mol. The third-order valence-corrected chi connectivity index (χ3v) is 2.83. The van der Waals surface area contributed by atoms with Crippen LogP contribution in [0.1, 0.15) is 34.6 Å². The topological polar surface area (TPSA) is 111 Å². The van der Waals surface area contributed by atoms with Gasteiger partial charge in [-0.15, -0.1) is 0 Å². The van der Waals surface area contributed by atoms with E-state index in [1.165, 1.54) is 24.3 Å². The van der Waals surface area contributed by atoms with E-state index in [-0.39, 0.29) is 12.5 Å². The van der Waals surface area contributed by atoms with E-state index in [9.17, 15) is 14.4 Å². The lowest BCUT2D eigenvalue weighted by molar-refractivity contribution is -0.144. The van der Waals surface area contributed by atoms with Crippen LogP contribution in [0.25, 0.3) is 0 Å². The van der Waals surface area contributed by atoms with E-state index in [2.05, 4.69) is 10.6 Å².